The van der Waals surface area contributed by atoms with Crippen molar-refractivity contribution in [3.63, 3.8) is 0 Å². The summed E-state index contributed by atoms with van der Waals surface area (Å²) < 4.78 is 37.5. The second-order valence-electron chi connectivity index (χ2n) is 6.67. The minimum Gasteiger partial charge on any atom is -0.481 e. The predicted molar refractivity (Wildman–Crippen MR) is 122 cm³/mol. The fourth-order valence-corrected chi connectivity index (χ4v) is 3.82. The molecule has 188 valence electrons. The molecule has 0 aliphatic carbocycles. The van der Waals surface area contributed by atoms with Crippen molar-refractivity contribution >= 4 is 44.3 Å². The zero-order valence-corrected chi connectivity index (χ0v) is 19.1. The van der Waals surface area contributed by atoms with E-state index in [2.05, 4.69) is 20.0 Å². The van der Waals surface area contributed by atoms with Crippen LogP contribution in [0, 0.1) is 30.3 Å². The summed E-state index contributed by atoms with van der Waals surface area (Å²) in [7, 11) is -1.59. The number of benzene rings is 2. The highest BCUT2D eigenvalue weighted by Gasteiger charge is 2.31. The number of non-ortho nitro benzene ring substituents is 1. The topological polar surface area (TPSA) is 232 Å². The van der Waals surface area contributed by atoms with Gasteiger partial charge < -0.3 is 14.8 Å². The number of aromatic nitrogens is 2. The van der Waals surface area contributed by atoms with Crippen LogP contribution in [0.3, 0.4) is 0 Å². The van der Waals surface area contributed by atoms with Crippen molar-refractivity contribution in [3.8, 4) is 11.9 Å². The van der Waals surface area contributed by atoms with Gasteiger partial charge in [0, 0.05) is 11.8 Å². The molecule has 1 aromatic heterocycles. The molecule has 0 spiro atoms. The average Bonchev–Trinajstić information content (AvgIpc) is 2.83. The fraction of sp³-hybridized carbons (Fsp3) is 0.111. The number of ether oxygens (including phenoxy) is 2. The quantitative estimate of drug-likeness (QED) is 0.289. The Labute approximate surface area is 201 Å². The van der Waals surface area contributed by atoms with Crippen LogP contribution in [-0.2, 0) is 10.0 Å². The van der Waals surface area contributed by atoms with Crippen LogP contribution in [0.2, 0.25) is 0 Å². The third-order valence-electron chi connectivity index (χ3n) is 4.43. The van der Waals surface area contributed by atoms with Gasteiger partial charge >= 0.3 is 17.4 Å². The Morgan fingerprint density at radius 3 is 1.89 bits per heavy atom. The van der Waals surface area contributed by atoms with Gasteiger partial charge in [-0.15, -0.1) is 0 Å². The largest absolute Gasteiger partial charge is 0.481 e. The van der Waals surface area contributed by atoms with Gasteiger partial charge in [0.05, 0.1) is 46.0 Å². The van der Waals surface area contributed by atoms with Crippen molar-refractivity contribution < 1.29 is 32.7 Å². The first kappa shape index (κ1) is 25.5. The van der Waals surface area contributed by atoms with Gasteiger partial charge in [0.15, 0.2) is 11.5 Å². The summed E-state index contributed by atoms with van der Waals surface area (Å²) >= 11 is 0. The maximum atomic E-state index is 12.7. The Morgan fingerprint density at radius 2 is 1.42 bits per heavy atom. The molecule has 0 radical (unpaired) electrons. The van der Waals surface area contributed by atoms with Gasteiger partial charge in [0.1, 0.15) is 0 Å². The molecule has 0 saturated carbocycles. The van der Waals surface area contributed by atoms with E-state index in [4.69, 9.17) is 9.47 Å². The van der Waals surface area contributed by atoms with Gasteiger partial charge in [0.25, 0.3) is 15.7 Å². The number of nitrogens with one attached hydrogen (secondary N) is 2. The highest BCUT2D eigenvalue weighted by atomic mass is 32.2. The monoisotopic (exact) mass is 521 g/mol. The van der Waals surface area contributed by atoms with Gasteiger partial charge in [-0.2, -0.15) is 9.97 Å². The molecule has 0 saturated heterocycles. The average molecular weight is 521 g/mol. The third kappa shape index (κ3) is 5.50. The van der Waals surface area contributed by atoms with Crippen molar-refractivity contribution in [2.45, 2.75) is 4.90 Å². The number of hydrogen-bond donors (Lipinski definition) is 2. The maximum Gasteiger partial charge on any atom is 0.321 e. The molecule has 1 heterocycles. The summed E-state index contributed by atoms with van der Waals surface area (Å²) in [6.07, 6.45) is 0. The molecular formula is C18H15N7O10S. The first-order valence-corrected chi connectivity index (χ1v) is 10.9. The lowest BCUT2D eigenvalue weighted by molar-refractivity contribution is -0.401. The molecule has 0 bridgehead atoms. The molecule has 2 aromatic carbocycles. The van der Waals surface area contributed by atoms with E-state index in [-0.39, 0.29) is 28.3 Å². The van der Waals surface area contributed by atoms with E-state index < -0.39 is 47.5 Å². The molecule has 0 aliphatic heterocycles. The molecule has 3 aromatic rings. The standard InChI is InChI=1S/C18H15N7O10S/c1-34-16-9-15(20-18(21-16)35-2)22-36(32,33)12-5-3-10(4-6-12)19-17-13(24(28)29)7-11(23(26)27)8-14(17)25(30)31/h3-9,19H,1-2H3,(H,20,21,22). The zero-order valence-electron chi connectivity index (χ0n) is 18.3. The van der Waals surface area contributed by atoms with E-state index in [9.17, 15) is 38.8 Å². The molecule has 0 amide bonds. The molecule has 0 atom stereocenters. The number of methoxy groups -OCH3 is 2. The minimum atomic E-state index is -4.18. The van der Waals surface area contributed by atoms with Crippen LogP contribution < -0.4 is 19.5 Å². The van der Waals surface area contributed by atoms with Crippen molar-refractivity contribution in [1.29, 1.82) is 0 Å². The fourth-order valence-electron chi connectivity index (χ4n) is 2.83. The van der Waals surface area contributed by atoms with Crippen LogP contribution in [0.5, 0.6) is 11.9 Å². The second kappa shape index (κ2) is 10.0. The predicted octanol–water partition coefficient (Wildman–Crippen LogP) is 2.76. The highest BCUT2D eigenvalue weighted by Crippen LogP contribution is 2.40. The normalized spacial score (nSPS) is 10.8. The van der Waals surface area contributed by atoms with Crippen LogP contribution in [0.4, 0.5) is 34.3 Å². The smallest absolute Gasteiger partial charge is 0.321 e. The number of anilines is 3. The van der Waals surface area contributed by atoms with E-state index >= 15 is 0 Å². The number of rotatable bonds is 10. The van der Waals surface area contributed by atoms with E-state index in [1.807, 2.05) is 0 Å². The molecule has 0 aliphatic rings. The van der Waals surface area contributed by atoms with Crippen LogP contribution in [0.25, 0.3) is 0 Å². The first-order chi connectivity index (χ1) is 16.9. The Bertz CT molecular complexity index is 1400. The number of nitrogens with zero attached hydrogens (tertiary/aromatic N) is 5. The number of sulfonamides is 1. The van der Waals surface area contributed by atoms with E-state index in [1.165, 1.54) is 32.4 Å². The SMILES string of the molecule is COc1cc(NS(=O)(=O)c2ccc(Nc3c([N+](=O)[O-])cc([N+](=O)[O-])cc3[N+](=O)[O-])cc2)nc(OC)n1. The summed E-state index contributed by atoms with van der Waals surface area (Å²) in [5.74, 6) is -0.122. The number of nitro groups is 3. The molecule has 2 N–H and O–H groups in total. The molecule has 36 heavy (non-hydrogen) atoms. The van der Waals surface area contributed by atoms with E-state index in [1.54, 1.807) is 0 Å². The van der Waals surface area contributed by atoms with Crippen LogP contribution in [0.1, 0.15) is 0 Å². The Morgan fingerprint density at radius 1 is 0.833 bits per heavy atom. The Kier molecular flexibility index (Phi) is 7.09. The Balaban J connectivity index is 1.93. The van der Waals surface area contributed by atoms with Gasteiger partial charge in [-0.1, -0.05) is 0 Å². The number of nitro benzene ring substituents is 3. The third-order valence-corrected chi connectivity index (χ3v) is 5.80. The minimum absolute atomic E-state index is 0.0272. The summed E-state index contributed by atoms with van der Waals surface area (Å²) in [6.45, 7) is 0. The van der Waals surface area contributed by atoms with Gasteiger partial charge in [-0.25, -0.2) is 8.42 Å². The van der Waals surface area contributed by atoms with Crippen molar-refractivity contribution in [2.24, 2.45) is 0 Å². The maximum absolute atomic E-state index is 12.7. The van der Waals surface area contributed by atoms with Crippen molar-refractivity contribution in [3.05, 3.63) is 72.8 Å². The van der Waals surface area contributed by atoms with Crippen LogP contribution >= 0.6 is 0 Å². The van der Waals surface area contributed by atoms with Gasteiger partial charge in [0.2, 0.25) is 5.88 Å². The summed E-state index contributed by atoms with van der Waals surface area (Å²) in [6, 6.07) is 6.80. The molecule has 0 unspecified atom stereocenters. The van der Waals surface area contributed by atoms with Gasteiger partial charge in [-0.3, -0.25) is 35.1 Å². The summed E-state index contributed by atoms with van der Waals surface area (Å²) in [4.78, 5) is 38.3. The molecule has 17 nitrogen and oxygen atoms in total. The van der Waals surface area contributed by atoms with Gasteiger partial charge in [-0.05, 0) is 24.3 Å². The summed E-state index contributed by atoms with van der Waals surface area (Å²) in [5.41, 5.74) is -3.27. The molecule has 0 fully saturated rings. The first-order valence-electron chi connectivity index (χ1n) is 9.43. The van der Waals surface area contributed by atoms with Crippen LogP contribution in [0.15, 0.2) is 47.4 Å². The lowest BCUT2D eigenvalue weighted by Gasteiger charge is -2.11. The molecular weight excluding hydrogens is 506 g/mol. The molecule has 18 heteroatoms. The van der Waals surface area contributed by atoms with E-state index in [0.717, 1.165) is 12.1 Å². The second-order valence-corrected chi connectivity index (χ2v) is 8.35. The van der Waals surface area contributed by atoms with Crippen molar-refractivity contribution in [2.75, 3.05) is 24.3 Å². The van der Waals surface area contributed by atoms with E-state index in [0.29, 0.717) is 12.1 Å². The lowest BCUT2D eigenvalue weighted by Crippen LogP contribution is -2.14. The van der Waals surface area contributed by atoms with Crippen molar-refractivity contribution in [1.82, 2.24) is 9.97 Å². The summed E-state index contributed by atoms with van der Waals surface area (Å²) in [5, 5.41) is 36.3. The highest BCUT2D eigenvalue weighted by molar-refractivity contribution is 7.92. The zero-order chi connectivity index (χ0) is 26.6. The number of hydrogen-bond acceptors (Lipinski definition) is 13. The lowest BCUT2D eigenvalue weighted by atomic mass is 10.2. The Hall–Kier alpha value is -5.13. The molecule has 3 rings (SSSR count). The van der Waals surface area contributed by atoms with Crippen LogP contribution in [-0.4, -0.2) is 47.4 Å².